The quantitative estimate of drug-likeness (QED) is 0.0373. The molecular weight excluding hydrogens is 1010 g/mol. The molecule has 4 N–H and O–H groups in total. The first-order chi connectivity index (χ1) is 39.6. The summed E-state index contributed by atoms with van der Waals surface area (Å²) in [5.41, 5.74) is 17.0. The topological polar surface area (TPSA) is 138 Å². The first kappa shape index (κ1) is 50.7. The van der Waals surface area contributed by atoms with E-state index >= 15 is 19.2 Å². The van der Waals surface area contributed by atoms with Crippen LogP contribution in [0.4, 0.5) is 0 Å². The van der Waals surface area contributed by atoms with Gasteiger partial charge in [-0.05, 0) is 137 Å². The number of hydrogen-bond acceptors (Lipinski definition) is 4. The average Bonchev–Trinajstić information content (AvgIpc) is 1.23. The Hall–Kier alpha value is -8.24. The maximum absolute atomic E-state index is 16.2. The Kier molecular flexibility index (Phi) is 11.2. The third kappa shape index (κ3) is 6.69. The van der Waals surface area contributed by atoms with Crippen molar-refractivity contribution < 1.29 is 19.2 Å². The van der Waals surface area contributed by atoms with Crippen LogP contribution >= 0.6 is 0 Å². The number of aromatic amines is 4. The second-order valence-corrected chi connectivity index (χ2v) is 25.1. The summed E-state index contributed by atoms with van der Waals surface area (Å²) in [5, 5.41) is 14.2. The molecule has 4 aromatic heterocycles. The Morgan fingerprint density at radius 3 is 0.768 bits per heavy atom. The second-order valence-electron chi connectivity index (χ2n) is 25.1. The van der Waals surface area contributed by atoms with Crippen LogP contribution in [0.1, 0.15) is 177 Å². The summed E-state index contributed by atoms with van der Waals surface area (Å²) < 4.78 is 0. The lowest BCUT2D eigenvalue weighted by Crippen LogP contribution is -2.41. The van der Waals surface area contributed by atoms with Gasteiger partial charge < -0.3 is 19.9 Å². The number of carbonyl (C=O) groups excluding carboxylic acids is 4. The minimum absolute atomic E-state index is 0.290. The highest BCUT2D eigenvalue weighted by Crippen LogP contribution is 2.59. The molecule has 412 valence electrons. The van der Waals surface area contributed by atoms with Crippen LogP contribution in [-0.2, 0) is 0 Å². The minimum Gasteiger partial charge on any atom is -0.354 e. The second kappa shape index (κ2) is 18.1. The number of rotatable bonds is 14. The molecule has 2 aliphatic rings. The van der Waals surface area contributed by atoms with Gasteiger partial charge in [0.25, 0.3) is 23.6 Å². The molecule has 4 amide bonds. The molecule has 9 aromatic carbocycles. The Morgan fingerprint density at radius 1 is 0.280 bits per heavy atom. The molecular formula is C72H70N6O4. The number of imide groups is 2. The standard InChI is InChI=1S/C72H70N6O4/c1-11-13-15-17-19-21-23-77-69(79)61-55-49-51(57-45-37(7)25-33(3)29-41(45)73-65(57)61)53-50-54(52(49)58-46-38(8)26-34(4)30-42(46)74-66(58)62(55)70(77)80)60-48-40(10)28-36(6)32-44(48)76-68(60)64-56(50)63(67-59(53)47-39(9)27-35(5)31-43(47)75-67)71(81)78(72(64)82)24-22-20-18-16-14-12-2/h25-32,73-76H,11-24H2,1-10H3. The zero-order valence-electron chi connectivity index (χ0n) is 49.0. The number of nitrogens with zero attached hydrogens (tertiary/aromatic N) is 2. The Balaban J connectivity index is 1.26. The summed E-state index contributed by atoms with van der Waals surface area (Å²) >= 11 is 0. The fourth-order valence-corrected chi connectivity index (χ4v) is 16.2. The monoisotopic (exact) mass is 1080 g/mol. The molecule has 13 aromatic rings. The van der Waals surface area contributed by atoms with Crippen molar-refractivity contribution in [3.8, 4) is 0 Å². The third-order valence-corrected chi connectivity index (χ3v) is 19.3. The number of unbranched alkanes of at least 4 members (excludes halogenated alkanes) is 10. The van der Waals surface area contributed by atoms with Crippen LogP contribution in [0.2, 0.25) is 0 Å². The summed E-state index contributed by atoms with van der Waals surface area (Å²) in [4.78, 5) is 83.6. The van der Waals surface area contributed by atoms with Gasteiger partial charge in [0.15, 0.2) is 0 Å². The van der Waals surface area contributed by atoms with Crippen LogP contribution in [0.3, 0.4) is 0 Å². The number of fused-ring (bicyclic) bond motifs is 22. The first-order valence-corrected chi connectivity index (χ1v) is 30.4. The Morgan fingerprint density at radius 2 is 0.512 bits per heavy atom. The van der Waals surface area contributed by atoms with Gasteiger partial charge in [0, 0.05) is 121 Å². The molecule has 0 unspecified atom stereocenters. The molecule has 10 heteroatoms. The summed E-state index contributed by atoms with van der Waals surface area (Å²) in [5.74, 6) is -1.16. The molecule has 0 saturated carbocycles. The molecule has 0 fully saturated rings. The van der Waals surface area contributed by atoms with Crippen LogP contribution < -0.4 is 0 Å². The summed E-state index contributed by atoms with van der Waals surface area (Å²) in [6, 6.07) is 17.6. The van der Waals surface area contributed by atoms with Crippen LogP contribution in [0.5, 0.6) is 0 Å². The Labute approximate surface area is 475 Å². The van der Waals surface area contributed by atoms with Crippen molar-refractivity contribution in [1.29, 1.82) is 0 Å². The molecule has 0 radical (unpaired) electrons. The van der Waals surface area contributed by atoms with E-state index < -0.39 is 0 Å². The van der Waals surface area contributed by atoms with E-state index in [0.29, 0.717) is 81.0 Å². The fraction of sp³-hybridized carbons (Fsp3) is 0.333. The van der Waals surface area contributed by atoms with Crippen molar-refractivity contribution in [2.45, 2.75) is 146 Å². The number of nitrogens with one attached hydrogen (secondary N) is 4. The van der Waals surface area contributed by atoms with E-state index in [4.69, 9.17) is 0 Å². The summed E-state index contributed by atoms with van der Waals surface area (Å²) in [6.07, 6.45) is 12.2. The van der Waals surface area contributed by atoms with Crippen molar-refractivity contribution in [1.82, 2.24) is 29.7 Å². The number of aryl methyl sites for hydroxylation is 8. The van der Waals surface area contributed by atoms with Gasteiger partial charge in [-0.15, -0.1) is 0 Å². The van der Waals surface area contributed by atoms with Crippen molar-refractivity contribution >= 4 is 154 Å². The summed E-state index contributed by atoms with van der Waals surface area (Å²) in [7, 11) is 0. The van der Waals surface area contributed by atoms with Crippen molar-refractivity contribution in [3.63, 3.8) is 0 Å². The van der Waals surface area contributed by atoms with Crippen LogP contribution in [0.15, 0.2) is 48.5 Å². The lowest BCUT2D eigenvalue weighted by molar-refractivity contribution is 0.0594. The molecule has 10 nitrogen and oxygen atoms in total. The lowest BCUT2D eigenvalue weighted by atomic mass is 9.76. The highest BCUT2D eigenvalue weighted by Gasteiger charge is 2.44. The molecule has 82 heavy (non-hydrogen) atoms. The van der Waals surface area contributed by atoms with E-state index in [0.717, 1.165) is 206 Å². The van der Waals surface area contributed by atoms with Gasteiger partial charge >= 0.3 is 0 Å². The largest absolute Gasteiger partial charge is 0.354 e. The molecule has 0 bridgehead atoms. The van der Waals surface area contributed by atoms with Gasteiger partial charge in [-0.25, -0.2) is 0 Å². The predicted molar refractivity (Wildman–Crippen MR) is 340 cm³/mol. The Bertz CT molecular complexity index is 4480. The van der Waals surface area contributed by atoms with Crippen LogP contribution in [0, 0.1) is 55.4 Å². The van der Waals surface area contributed by atoms with Gasteiger partial charge in [0.1, 0.15) is 0 Å². The maximum atomic E-state index is 16.2. The molecule has 2 aliphatic heterocycles. The van der Waals surface area contributed by atoms with Crippen molar-refractivity contribution in [3.05, 3.63) is 115 Å². The third-order valence-electron chi connectivity index (χ3n) is 19.3. The normalized spacial score (nSPS) is 14.2. The van der Waals surface area contributed by atoms with E-state index in [1.807, 2.05) is 0 Å². The number of H-pyrrole nitrogens is 4. The lowest BCUT2D eigenvalue weighted by Gasteiger charge is -2.32. The molecule has 0 spiro atoms. The molecule has 0 aliphatic carbocycles. The van der Waals surface area contributed by atoms with Gasteiger partial charge in [-0.3, -0.25) is 29.0 Å². The zero-order chi connectivity index (χ0) is 56.6. The zero-order valence-corrected chi connectivity index (χ0v) is 49.0. The van der Waals surface area contributed by atoms with Crippen molar-refractivity contribution in [2.75, 3.05) is 13.1 Å². The highest BCUT2D eigenvalue weighted by molar-refractivity contribution is 6.58. The number of aromatic nitrogens is 4. The van der Waals surface area contributed by atoms with E-state index in [-0.39, 0.29) is 23.6 Å². The van der Waals surface area contributed by atoms with E-state index in [9.17, 15) is 0 Å². The van der Waals surface area contributed by atoms with Gasteiger partial charge in [-0.1, -0.05) is 102 Å². The minimum atomic E-state index is -0.290. The fourth-order valence-electron chi connectivity index (χ4n) is 16.2. The number of carbonyl (C=O) groups is 4. The smallest absolute Gasteiger partial charge is 0.263 e. The molecule has 15 rings (SSSR count). The van der Waals surface area contributed by atoms with E-state index in [1.54, 1.807) is 9.80 Å². The number of benzene rings is 9. The van der Waals surface area contributed by atoms with Gasteiger partial charge in [-0.2, -0.15) is 0 Å². The van der Waals surface area contributed by atoms with Gasteiger partial charge in [0.05, 0.1) is 44.3 Å². The number of hydrogen-bond donors (Lipinski definition) is 4. The summed E-state index contributed by atoms with van der Waals surface area (Å²) in [6.45, 7) is 22.2. The van der Waals surface area contributed by atoms with Crippen molar-refractivity contribution in [2.24, 2.45) is 0 Å². The van der Waals surface area contributed by atoms with Crippen LogP contribution in [-0.4, -0.2) is 66.5 Å². The highest BCUT2D eigenvalue weighted by atomic mass is 16.2. The molecule has 0 saturated heterocycles. The van der Waals surface area contributed by atoms with Gasteiger partial charge in [0.2, 0.25) is 0 Å². The predicted octanol–water partition coefficient (Wildman–Crippen LogP) is 18.7. The van der Waals surface area contributed by atoms with E-state index in [2.05, 4.69) is 138 Å². The number of amides is 4. The first-order valence-electron chi connectivity index (χ1n) is 30.4. The molecule has 6 heterocycles. The van der Waals surface area contributed by atoms with E-state index in [1.165, 1.54) is 0 Å². The molecule has 0 atom stereocenters. The van der Waals surface area contributed by atoms with Crippen LogP contribution in [0.25, 0.3) is 130 Å². The SMILES string of the molecule is CCCCCCCCN1C(=O)c2c3[nH]c4cc(C)cc(C)c4c3c3c4c2c(c2[nH]c5cc(C)cc(C)c5c2c4c2c4c([nH]c5cc(C)cc(C)c54)c4c5c(c6[nH]c7cc(C)cc(C)c7c6c3c52)C(=O)N(CCCCCCCC)C4=O)C1=O. The maximum Gasteiger partial charge on any atom is 0.263 e. The average molecular weight is 1080 g/mol.